The van der Waals surface area contributed by atoms with Gasteiger partial charge in [0, 0.05) is 10.0 Å². The van der Waals surface area contributed by atoms with E-state index in [9.17, 15) is 4.39 Å². The van der Waals surface area contributed by atoms with E-state index in [2.05, 4.69) is 26.1 Å². The summed E-state index contributed by atoms with van der Waals surface area (Å²) in [6.45, 7) is 0. The van der Waals surface area contributed by atoms with Crippen molar-refractivity contribution in [2.75, 3.05) is 11.6 Å². The van der Waals surface area contributed by atoms with Crippen LogP contribution < -0.4 is 11.6 Å². The van der Waals surface area contributed by atoms with Gasteiger partial charge in [0.15, 0.2) is 5.82 Å². The summed E-state index contributed by atoms with van der Waals surface area (Å²) in [4.78, 5) is 0. The Labute approximate surface area is 93.0 Å². The van der Waals surface area contributed by atoms with Gasteiger partial charge in [-0.2, -0.15) is 0 Å². The van der Waals surface area contributed by atoms with E-state index in [1.807, 2.05) is 0 Å². The Hall–Kier alpha value is -1.63. The Morgan fingerprint density at radius 1 is 1.33 bits per heavy atom. The van der Waals surface area contributed by atoms with Gasteiger partial charge in [0.05, 0.1) is 0 Å². The van der Waals surface area contributed by atoms with Crippen molar-refractivity contribution < 1.29 is 4.39 Å². The maximum atomic E-state index is 12.8. The minimum Gasteiger partial charge on any atom is -0.366 e. The van der Waals surface area contributed by atoms with Crippen LogP contribution in [0.5, 0.6) is 0 Å². The first-order valence-corrected chi connectivity index (χ1v) is 4.80. The zero-order valence-corrected chi connectivity index (χ0v) is 9.07. The van der Waals surface area contributed by atoms with Crippen molar-refractivity contribution in [3.63, 3.8) is 0 Å². The van der Waals surface area contributed by atoms with Crippen molar-refractivity contribution in [1.29, 1.82) is 0 Å². The average Bonchev–Trinajstić information content (AvgIpc) is 2.49. The van der Waals surface area contributed by atoms with E-state index in [0.29, 0.717) is 15.9 Å². The van der Waals surface area contributed by atoms with Crippen molar-refractivity contribution >= 4 is 21.9 Å². The first-order chi connectivity index (χ1) is 7.09. The van der Waals surface area contributed by atoms with Crippen molar-refractivity contribution in [2.24, 2.45) is 0 Å². The number of hydrogen-bond donors (Lipinski definition) is 2. The highest BCUT2D eigenvalue weighted by molar-refractivity contribution is 9.10. The van der Waals surface area contributed by atoms with Crippen molar-refractivity contribution in [1.82, 2.24) is 14.9 Å². The van der Waals surface area contributed by atoms with Crippen molar-refractivity contribution in [2.45, 2.75) is 0 Å². The fraction of sp³-hybridized carbons (Fsp3) is 0. The number of nitrogen functional groups attached to an aromatic ring is 2. The molecule has 0 amide bonds. The number of rotatable bonds is 1. The van der Waals surface area contributed by atoms with E-state index in [1.165, 1.54) is 12.1 Å². The lowest BCUT2D eigenvalue weighted by Gasteiger charge is -2.03. The predicted molar refractivity (Wildman–Crippen MR) is 57.7 cm³/mol. The highest BCUT2D eigenvalue weighted by Gasteiger charge is 2.12. The van der Waals surface area contributed by atoms with Gasteiger partial charge in [-0.15, -0.1) is 10.2 Å². The van der Waals surface area contributed by atoms with Gasteiger partial charge in [0.2, 0.25) is 5.95 Å². The van der Waals surface area contributed by atoms with Crippen LogP contribution in [0, 0.1) is 5.82 Å². The normalized spacial score (nSPS) is 10.5. The summed E-state index contributed by atoms with van der Waals surface area (Å²) >= 11 is 3.21. The Morgan fingerprint density at radius 3 is 2.60 bits per heavy atom. The molecule has 0 fully saturated rings. The summed E-state index contributed by atoms with van der Waals surface area (Å²) in [5.41, 5.74) is 6.06. The van der Waals surface area contributed by atoms with E-state index in [1.54, 1.807) is 6.07 Å². The van der Waals surface area contributed by atoms with Gasteiger partial charge >= 0.3 is 0 Å². The predicted octanol–water partition coefficient (Wildman–Crippen LogP) is 1.14. The van der Waals surface area contributed by atoms with Crippen molar-refractivity contribution in [3.8, 4) is 11.4 Å². The molecule has 78 valence electrons. The number of halogens is 2. The molecule has 0 saturated carbocycles. The molecule has 4 N–H and O–H groups in total. The number of nitrogens with zero attached hydrogens (tertiary/aromatic N) is 3. The molecule has 1 aromatic heterocycles. The van der Waals surface area contributed by atoms with E-state index in [4.69, 9.17) is 11.6 Å². The van der Waals surface area contributed by atoms with Gasteiger partial charge < -0.3 is 11.6 Å². The monoisotopic (exact) mass is 271 g/mol. The second-order valence-electron chi connectivity index (χ2n) is 2.88. The molecule has 0 unspecified atom stereocenters. The van der Waals surface area contributed by atoms with E-state index < -0.39 is 0 Å². The van der Waals surface area contributed by atoms with Gasteiger partial charge in [-0.1, -0.05) is 0 Å². The van der Waals surface area contributed by atoms with Gasteiger partial charge in [-0.05, 0) is 34.1 Å². The Balaban J connectivity index is 2.59. The second-order valence-corrected chi connectivity index (χ2v) is 3.73. The number of benzene rings is 1. The van der Waals surface area contributed by atoms with Crippen LogP contribution in [-0.4, -0.2) is 14.9 Å². The minimum absolute atomic E-state index is 0.0984. The molecule has 2 rings (SSSR count). The summed E-state index contributed by atoms with van der Waals surface area (Å²) in [6.07, 6.45) is 0. The summed E-state index contributed by atoms with van der Waals surface area (Å²) in [5, 5.41) is 7.39. The maximum Gasteiger partial charge on any atom is 0.241 e. The third kappa shape index (κ3) is 1.65. The zero-order chi connectivity index (χ0) is 11.0. The molecule has 5 nitrogen and oxygen atoms in total. The first-order valence-electron chi connectivity index (χ1n) is 4.01. The van der Waals surface area contributed by atoms with E-state index >= 15 is 0 Å². The number of aromatic nitrogens is 3. The standard InChI is InChI=1S/C8H7BrFN5/c9-6-3-4(10)1-2-5(6)7-13-14-8(11)15(7)12/h1-3H,12H2,(H2,11,14). The maximum absolute atomic E-state index is 12.8. The van der Waals surface area contributed by atoms with Gasteiger partial charge in [-0.25, -0.2) is 9.07 Å². The molecule has 7 heteroatoms. The minimum atomic E-state index is -0.346. The Kier molecular flexibility index (Phi) is 2.31. The topological polar surface area (TPSA) is 82.8 Å². The number of anilines is 1. The highest BCUT2D eigenvalue weighted by atomic mass is 79.9. The molecular weight excluding hydrogens is 265 g/mol. The molecule has 0 spiro atoms. The van der Waals surface area contributed by atoms with Gasteiger partial charge in [0.25, 0.3) is 0 Å². The SMILES string of the molecule is Nc1nnc(-c2ccc(F)cc2Br)n1N. The van der Waals surface area contributed by atoms with Crippen LogP contribution in [0.2, 0.25) is 0 Å². The third-order valence-electron chi connectivity index (χ3n) is 1.89. The Morgan fingerprint density at radius 2 is 2.07 bits per heavy atom. The molecule has 0 aliphatic heterocycles. The molecule has 0 bridgehead atoms. The molecule has 0 aliphatic carbocycles. The van der Waals surface area contributed by atoms with E-state index in [0.717, 1.165) is 4.68 Å². The first kappa shape index (κ1) is 9.91. The van der Waals surface area contributed by atoms with Crippen LogP contribution in [0.25, 0.3) is 11.4 Å². The summed E-state index contributed by atoms with van der Waals surface area (Å²) in [7, 11) is 0. The molecule has 0 radical (unpaired) electrons. The fourth-order valence-corrected chi connectivity index (χ4v) is 1.69. The van der Waals surface area contributed by atoms with Crippen LogP contribution in [-0.2, 0) is 0 Å². The summed E-state index contributed by atoms with van der Waals surface area (Å²) < 4.78 is 14.5. The van der Waals surface area contributed by atoms with Crippen LogP contribution in [0.3, 0.4) is 0 Å². The molecule has 2 aromatic rings. The summed E-state index contributed by atoms with van der Waals surface area (Å²) in [6, 6.07) is 4.18. The largest absolute Gasteiger partial charge is 0.366 e. The van der Waals surface area contributed by atoms with Crippen LogP contribution in [0.1, 0.15) is 0 Å². The van der Waals surface area contributed by atoms with E-state index in [-0.39, 0.29) is 11.8 Å². The van der Waals surface area contributed by atoms with Gasteiger partial charge in [0.1, 0.15) is 5.82 Å². The molecule has 0 saturated heterocycles. The van der Waals surface area contributed by atoms with Crippen LogP contribution in [0.15, 0.2) is 22.7 Å². The third-order valence-corrected chi connectivity index (χ3v) is 2.55. The zero-order valence-electron chi connectivity index (χ0n) is 7.48. The quantitative estimate of drug-likeness (QED) is 0.762. The number of nitrogens with two attached hydrogens (primary N) is 2. The number of hydrogen-bond acceptors (Lipinski definition) is 4. The molecule has 0 atom stereocenters. The van der Waals surface area contributed by atoms with Gasteiger partial charge in [-0.3, -0.25) is 0 Å². The second kappa shape index (κ2) is 3.50. The average molecular weight is 272 g/mol. The molecule has 0 aliphatic rings. The smallest absolute Gasteiger partial charge is 0.241 e. The molecule has 1 aromatic carbocycles. The lowest BCUT2D eigenvalue weighted by Crippen LogP contribution is -2.13. The van der Waals surface area contributed by atoms with Crippen molar-refractivity contribution in [3.05, 3.63) is 28.5 Å². The lowest BCUT2D eigenvalue weighted by molar-refractivity contribution is 0.627. The lowest BCUT2D eigenvalue weighted by atomic mass is 10.2. The fourth-order valence-electron chi connectivity index (χ4n) is 1.16. The molecular formula is C8H7BrFN5. The molecule has 15 heavy (non-hydrogen) atoms. The van der Waals surface area contributed by atoms with Crippen LogP contribution in [0.4, 0.5) is 10.3 Å². The summed E-state index contributed by atoms with van der Waals surface area (Å²) in [5.74, 6) is 5.72. The van der Waals surface area contributed by atoms with Crippen LogP contribution >= 0.6 is 15.9 Å². The highest BCUT2D eigenvalue weighted by Crippen LogP contribution is 2.27. The Bertz CT molecular complexity index is 510. The molecule has 1 heterocycles.